The first-order chi connectivity index (χ1) is 12.9. The topological polar surface area (TPSA) is 24.7 Å². The van der Waals surface area contributed by atoms with E-state index in [1.165, 1.54) is 23.5 Å². The molecule has 2 nitrogen and oxygen atoms in total. The van der Waals surface area contributed by atoms with Crippen molar-refractivity contribution in [2.24, 2.45) is 9.98 Å². The van der Waals surface area contributed by atoms with E-state index in [2.05, 4.69) is 68.9 Å². The van der Waals surface area contributed by atoms with E-state index in [0.717, 1.165) is 32.2 Å². The predicted molar refractivity (Wildman–Crippen MR) is 125 cm³/mol. The van der Waals surface area contributed by atoms with Gasteiger partial charge < -0.3 is 0 Å². The average Bonchev–Trinajstić information content (AvgIpc) is 2.60. The molecule has 0 aliphatic carbocycles. The highest BCUT2D eigenvalue weighted by Gasteiger charge is 2.05. The van der Waals surface area contributed by atoms with Crippen molar-refractivity contribution in [3.8, 4) is 0 Å². The minimum absolute atomic E-state index is 0.523. The van der Waals surface area contributed by atoms with E-state index in [4.69, 9.17) is 4.99 Å². The molecule has 0 aromatic heterocycles. The third-order valence-electron chi connectivity index (χ3n) is 3.52. The normalized spacial score (nSPS) is 19.8. The molecule has 1 aromatic carbocycles. The van der Waals surface area contributed by atoms with Crippen LogP contribution in [-0.2, 0) is 0 Å². The van der Waals surface area contributed by atoms with Gasteiger partial charge in [0, 0.05) is 16.0 Å². The number of thioether (sulfide) groups is 2. The maximum Gasteiger partial charge on any atom is 0.0948 e. The van der Waals surface area contributed by atoms with Gasteiger partial charge in [-0.2, -0.15) is 0 Å². The first-order valence-electron chi connectivity index (χ1n) is 8.51. The second-order valence-electron chi connectivity index (χ2n) is 6.05. The summed E-state index contributed by atoms with van der Waals surface area (Å²) in [7, 11) is 0. The van der Waals surface area contributed by atoms with Crippen LogP contribution in [0.25, 0.3) is 0 Å². The lowest BCUT2D eigenvalue weighted by atomic mass is 10.1. The van der Waals surface area contributed by atoms with Gasteiger partial charge >= 0.3 is 0 Å². The van der Waals surface area contributed by atoms with Gasteiger partial charge in [0.2, 0.25) is 0 Å². The molecule has 138 valence electrons. The van der Waals surface area contributed by atoms with Gasteiger partial charge in [-0.15, -0.1) is 0 Å². The summed E-state index contributed by atoms with van der Waals surface area (Å²) in [5, 5.41) is 2.65. The van der Waals surface area contributed by atoms with Crippen molar-refractivity contribution in [1.29, 1.82) is 0 Å². The Morgan fingerprint density at radius 3 is 2.48 bits per heavy atom. The first kappa shape index (κ1) is 21.0. The Morgan fingerprint density at radius 1 is 0.963 bits per heavy atom. The summed E-state index contributed by atoms with van der Waals surface area (Å²) in [6, 6.07) is 14.5. The second-order valence-corrected chi connectivity index (χ2v) is 8.48. The molecule has 0 saturated heterocycles. The number of hydrogen-bond donors (Lipinski definition) is 0. The van der Waals surface area contributed by atoms with Crippen LogP contribution in [0.3, 0.4) is 0 Å². The summed E-state index contributed by atoms with van der Waals surface area (Å²) in [5.41, 5.74) is 4.97. The molecule has 0 unspecified atom stereocenters. The van der Waals surface area contributed by atoms with Crippen LogP contribution in [-0.4, -0.2) is 18.5 Å². The van der Waals surface area contributed by atoms with E-state index in [1.807, 2.05) is 23.6 Å². The Kier molecular flexibility index (Phi) is 8.37. The van der Waals surface area contributed by atoms with Crippen molar-refractivity contribution in [3.63, 3.8) is 0 Å². The van der Waals surface area contributed by atoms with Crippen molar-refractivity contribution < 1.29 is 0 Å². The van der Waals surface area contributed by atoms with E-state index in [1.54, 1.807) is 6.21 Å². The molecule has 0 bridgehead atoms. The smallest absolute Gasteiger partial charge is 0.0948 e. The molecule has 2 rings (SSSR count). The SMILES string of the molecule is C=C1/C=C\SC(=C)SC(=C)/N=C(c2ccc(C)ccccc(C)c2)\C=N/C1. The van der Waals surface area contributed by atoms with E-state index in [0.29, 0.717) is 11.6 Å². The van der Waals surface area contributed by atoms with Crippen LogP contribution in [0.15, 0.2) is 98.5 Å². The van der Waals surface area contributed by atoms with Crippen molar-refractivity contribution in [2.75, 3.05) is 6.54 Å². The largest absolute Gasteiger partial charge is 0.286 e. The van der Waals surface area contributed by atoms with Crippen LogP contribution < -0.4 is 0 Å². The molecule has 0 amide bonds. The zero-order valence-corrected chi connectivity index (χ0v) is 17.4. The van der Waals surface area contributed by atoms with Gasteiger partial charge in [-0.3, -0.25) is 4.99 Å². The Hall–Kier alpha value is -2.30. The zero-order chi connectivity index (χ0) is 19.6. The average molecular weight is 393 g/mol. The van der Waals surface area contributed by atoms with Gasteiger partial charge in [-0.25, -0.2) is 4.99 Å². The molecule has 1 aliphatic heterocycles. The number of hydrogen-bond acceptors (Lipinski definition) is 4. The first-order valence-corrected chi connectivity index (χ1v) is 10.2. The standard InChI is InChI=1S/C23H24N2S2/c1-17-8-6-7-9-18(2)14-22(11-10-17)23-16-24-15-19(3)12-13-26-21(5)27-20(4)25-23/h6-14,16H,3-5,15H2,1-2H3/b7-6?,8-6?,9-7?,11-10?,13-12-,17-8?,17-10?,18-9?,18-14?,22-11?,22-14?,24-16-,25-23+. The monoisotopic (exact) mass is 392 g/mol. The van der Waals surface area contributed by atoms with Gasteiger partial charge in [0.05, 0.1) is 17.3 Å². The summed E-state index contributed by atoms with van der Waals surface area (Å²) in [6.45, 7) is 16.8. The molecular formula is C23H24N2S2. The van der Waals surface area contributed by atoms with Crippen LogP contribution >= 0.6 is 23.5 Å². The Labute approximate surface area is 170 Å². The van der Waals surface area contributed by atoms with Gasteiger partial charge in [0.15, 0.2) is 0 Å². The second kappa shape index (κ2) is 10.8. The molecule has 0 radical (unpaired) electrons. The minimum atomic E-state index is 0.523. The highest BCUT2D eigenvalue weighted by molar-refractivity contribution is 8.25. The summed E-state index contributed by atoms with van der Waals surface area (Å²) >= 11 is 3.00. The van der Waals surface area contributed by atoms with Gasteiger partial charge in [0.1, 0.15) is 0 Å². The molecule has 0 spiro atoms. The molecule has 0 N–H and O–H groups in total. The Morgan fingerprint density at radius 2 is 1.70 bits per heavy atom. The highest BCUT2D eigenvalue weighted by atomic mass is 32.2. The number of aliphatic imine (C=N–C) groups is 2. The lowest BCUT2D eigenvalue weighted by Crippen LogP contribution is -2.04. The van der Waals surface area contributed by atoms with Crippen LogP contribution in [0.4, 0.5) is 0 Å². The lowest BCUT2D eigenvalue weighted by Gasteiger charge is -2.06. The van der Waals surface area contributed by atoms with Crippen LogP contribution in [0.5, 0.6) is 0 Å². The van der Waals surface area contributed by atoms with E-state index in [9.17, 15) is 0 Å². The molecule has 0 saturated carbocycles. The Bertz CT molecular complexity index is 891. The predicted octanol–water partition coefficient (Wildman–Crippen LogP) is 6.78. The fourth-order valence-corrected chi connectivity index (χ4v) is 3.65. The summed E-state index contributed by atoms with van der Waals surface area (Å²) < 4.78 is 0.917. The summed E-state index contributed by atoms with van der Waals surface area (Å²) in [4.78, 5) is 9.24. The lowest BCUT2D eigenvalue weighted by molar-refractivity contribution is 1.20. The highest BCUT2D eigenvalue weighted by Crippen LogP contribution is 2.33. The van der Waals surface area contributed by atoms with Crippen LogP contribution in [0.1, 0.15) is 16.7 Å². The summed E-state index contributed by atoms with van der Waals surface area (Å²) in [6.07, 6.45) is 3.76. The van der Waals surface area contributed by atoms with Crippen molar-refractivity contribution in [1.82, 2.24) is 0 Å². The third-order valence-corrected chi connectivity index (χ3v) is 5.15. The molecular weight excluding hydrogens is 368 g/mol. The van der Waals surface area contributed by atoms with Gasteiger partial charge in [0.25, 0.3) is 0 Å². The fraction of sp³-hybridized carbons (Fsp3) is 0.130. The van der Waals surface area contributed by atoms with Crippen LogP contribution in [0.2, 0.25) is 0 Å². The number of nitrogens with zero attached hydrogens (tertiary/aromatic N) is 2. The minimum Gasteiger partial charge on any atom is -0.286 e. The maximum absolute atomic E-state index is 4.72. The quantitative estimate of drug-likeness (QED) is 0.526. The number of aryl methyl sites for hydroxylation is 2. The van der Waals surface area contributed by atoms with Crippen molar-refractivity contribution in [3.05, 3.63) is 105 Å². The molecule has 0 atom stereocenters. The molecule has 1 aromatic rings. The van der Waals surface area contributed by atoms with Crippen molar-refractivity contribution in [2.45, 2.75) is 13.8 Å². The third kappa shape index (κ3) is 7.85. The van der Waals surface area contributed by atoms with E-state index < -0.39 is 0 Å². The van der Waals surface area contributed by atoms with E-state index in [-0.39, 0.29) is 0 Å². The molecule has 0 fully saturated rings. The number of rotatable bonds is 1. The Balaban J connectivity index is 2.57. The molecule has 27 heavy (non-hydrogen) atoms. The maximum atomic E-state index is 4.72. The molecule has 1 heterocycles. The van der Waals surface area contributed by atoms with Crippen molar-refractivity contribution >= 4 is 35.5 Å². The van der Waals surface area contributed by atoms with Crippen LogP contribution in [0, 0.1) is 13.8 Å². The fourth-order valence-electron chi connectivity index (χ4n) is 2.18. The molecule has 4 heteroatoms. The zero-order valence-electron chi connectivity index (χ0n) is 15.8. The van der Waals surface area contributed by atoms with Gasteiger partial charge in [-0.05, 0) is 30.9 Å². The van der Waals surface area contributed by atoms with Gasteiger partial charge in [-0.1, -0.05) is 96.9 Å². The molecule has 1 aliphatic rings. The summed E-state index contributed by atoms with van der Waals surface area (Å²) in [5.74, 6) is 0. The van der Waals surface area contributed by atoms with E-state index >= 15 is 0 Å².